The first-order chi connectivity index (χ1) is 8.48. The quantitative estimate of drug-likeness (QED) is 0.881. The van der Waals surface area contributed by atoms with Gasteiger partial charge in [0.25, 0.3) is 0 Å². The van der Waals surface area contributed by atoms with Crippen LogP contribution in [-0.4, -0.2) is 33.6 Å². The molecule has 2 rings (SSSR count). The zero-order valence-electron chi connectivity index (χ0n) is 11.3. The predicted molar refractivity (Wildman–Crippen MR) is 73.0 cm³/mol. The Hall–Kier alpha value is -0.580. The summed E-state index contributed by atoms with van der Waals surface area (Å²) >= 11 is 6.31. The SMILES string of the molecule is CCn1nc(C)c(Cl)c1CC1(O)CCNCC1C. The van der Waals surface area contributed by atoms with Crippen molar-refractivity contribution in [3.63, 3.8) is 0 Å². The van der Waals surface area contributed by atoms with Gasteiger partial charge >= 0.3 is 0 Å². The van der Waals surface area contributed by atoms with Crippen LogP contribution in [0.15, 0.2) is 0 Å². The number of piperidine rings is 1. The summed E-state index contributed by atoms with van der Waals surface area (Å²) in [4.78, 5) is 0. The second kappa shape index (κ2) is 5.19. The number of aryl methyl sites for hydroxylation is 2. The van der Waals surface area contributed by atoms with E-state index >= 15 is 0 Å². The Morgan fingerprint density at radius 2 is 2.33 bits per heavy atom. The van der Waals surface area contributed by atoms with Crippen LogP contribution in [0.1, 0.15) is 31.7 Å². The Bertz CT molecular complexity index is 432. The molecule has 4 nitrogen and oxygen atoms in total. The lowest BCUT2D eigenvalue weighted by molar-refractivity contribution is -0.0344. The van der Waals surface area contributed by atoms with Crippen molar-refractivity contribution in [2.24, 2.45) is 5.92 Å². The van der Waals surface area contributed by atoms with Gasteiger partial charge in [0.2, 0.25) is 0 Å². The number of halogens is 1. The molecule has 0 radical (unpaired) electrons. The van der Waals surface area contributed by atoms with Crippen molar-refractivity contribution in [3.05, 3.63) is 16.4 Å². The van der Waals surface area contributed by atoms with Crippen molar-refractivity contribution in [2.75, 3.05) is 13.1 Å². The maximum atomic E-state index is 10.8. The van der Waals surface area contributed by atoms with E-state index in [9.17, 15) is 5.11 Å². The van der Waals surface area contributed by atoms with E-state index in [1.54, 1.807) is 0 Å². The molecule has 1 aliphatic rings. The van der Waals surface area contributed by atoms with Gasteiger partial charge in [-0.05, 0) is 32.7 Å². The summed E-state index contributed by atoms with van der Waals surface area (Å²) in [6.07, 6.45) is 1.35. The van der Waals surface area contributed by atoms with E-state index in [0.717, 1.165) is 37.4 Å². The minimum atomic E-state index is -0.672. The molecule has 5 heteroatoms. The zero-order valence-corrected chi connectivity index (χ0v) is 12.1. The van der Waals surface area contributed by atoms with Gasteiger partial charge in [-0.2, -0.15) is 5.10 Å². The molecule has 0 aliphatic carbocycles. The molecule has 1 aromatic rings. The molecule has 2 unspecified atom stereocenters. The van der Waals surface area contributed by atoms with Crippen molar-refractivity contribution in [1.29, 1.82) is 0 Å². The average molecular weight is 272 g/mol. The lowest BCUT2D eigenvalue weighted by Crippen LogP contribution is -2.50. The molecule has 0 spiro atoms. The Morgan fingerprint density at radius 1 is 1.61 bits per heavy atom. The normalized spacial score (nSPS) is 28.6. The molecule has 18 heavy (non-hydrogen) atoms. The fourth-order valence-electron chi connectivity index (χ4n) is 2.65. The molecule has 0 saturated carbocycles. The molecule has 2 atom stereocenters. The van der Waals surface area contributed by atoms with Gasteiger partial charge in [0, 0.05) is 19.5 Å². The summed E-state index contributed by atoms with van der Waals surface area (Å²) in [6, 6.07) is 0. The highest BCUT2D eigenvalue weighted by Gasteiger charge is 2.37. The first kappa shape index (κ1) is 13.8. The minimum Gasteiger partial charge on any atom is -0.389 e. The highest BCUT2D eigenvalue weighted by molar-refractivity contribution is 6.31. The largest absolute Gasteiger partial charge is 0.389 e. The third-order valence-corrected chi connectivity index (χ3v) is 4.52. The van der Waals surface area contributed by atoms with Crippen LogP contribution in [0.25, 0.3) is 0 Å². The van der Waals surface area contributed by atoms with E-state index in [0.29, 0.717) is 11.4 Å². The van der Waals surface area contributed by atoms with Gasteiger partial charge in [-0.25, -0.2) is 0 Å². The van der Waals surface area contributed by atoms with Gasteiger partial charge in [0.05, 0.1) is 22.0 Å². The number of rotatable bonds is 3. The van der Waals surface area contributed by atoms with Gasteiger partial charge in [0.1, 0.15) is 0 Å². The first-order valence-electron chi connectivity index (χ1n) is 6.63. The number of hydrogen-bond acceptors (Lipinski definition) is 3. The molecule has 1 aromatic heterocycles. The number of aromatic nitrogens is 2. The maximum absolute atomic E-state index is 10.8. The van der Waals surface area contributed by atoms with E-state index in [-0.39, 0.29) is 5.92 Å². The second-order valence-electron chi connectivity index (χ2n) is 5.30. The molecule has 1 saturated heterocycles. The monoisotopic (exact) mass is 271 g/mol. The van der Waals surface area contributed by atoms with Gasteiger partial charge in [-0.15, -0.1) is 0 Å². The topological polar surface area (TPSA) is 50.1 Å². The van der Waals surface area contributed by atoms with Gasteiger partial charge < -0.3 is 10.4 Å². The summed E-state index contributed by atoms with van der Waals surface area (Å²) in [5.74, 6) is 0.225. The number of nitrogens with one attached hydrogen (secondary N) is 1. The Morgan fingerprint density at radius 3 is 2.94 bits per heavy atom. The molecule has 0 bridgehead atoms. The third kappa shape index (κ3) is 2.42. The minimum absolute atomic E-state index is 0.225. The molecule has 0 amide bonds. The molecule has 1 fully saturated rings. The molecule has 0 aromatic carbocycles. The van der Waals surface area contributed by atoms with E-state index in [1.165, 1.54) is 0 Å². The highest BCUT2D eigenvalue weighted by Crippen LogP contribution is 2.31. The molecule has 2 N–H and O–H groups in total. The Labute approximate surface area is 113 Å². The van der Waals surface area contributed by atoms with Crippen molar-refractivity contribution in [2.45, 2.75) is 45.8 Å². The van der Waals surface area contributed by atoms with Gasteiger partial charge in [-0.3, -0.25) is 4.68 Å². The van der Waals surface area contributed by atoms with Gasteiger partial charge in [-0.1, -0.05) is 18.5 Å². The maximum Gasteiger partial charge on any atom is 0.0848 e. The first-order valence-corrected chi connectivity index (χ1v) is 7.00. The van der Waals surface area contributed by atoms with Crippen LogP contribution < -0.4 is 5.32 Å². The van der Waals surface area contributed by atoms with E-state index in [1.807, 2.05) is 18.5 Å². The Kier molecular flexibility index (Phi) is 3.99. The zero-order chi connectivity index (χ0) is 13.3. The number of hydrogen-bond donors (Lipinski definition) is 2. The van der Waals surface area contributed by atoms with E-state index in [2.05, 4.69) is 17.3 Å². The summed E-state index contributed by atoms with van der Waals surface area (Å²) in [5.41, 5.74) is 1.14. The molecule has 1 aliphatic heterocycles. The van der Waals surface area contributed by atoms with Crippen LogP contribution in [0.3, 0.4) is 0 Å². The smallest absolute Gasteiger partial charge is 0.0848 e. The average Bonchev–Trinajstić information content (AvgIpc) is 2.61. The number of aliphatic hydroxyl groups is 1. The third-order valence-electron chi connectivity index (χ3n) is 4.03. The van der Waals surface area contributed by atoms with Gasteiger partial charge in [0.15, 0.2) is 0 Å². The van der Waals surface area contributed by atoms with Crippen molar-refractivity contribution in [3.8, 4) is 0 Å². The molecule has 102 valence electrons. The van der Waals surface area contributed by atoms with Crippen molar-refractivity contribution >= 4 is 11.6 Å². The number of nitrogens with zero attached hydrogens (tertiary/aromatic N) is 2. The lowest BCUT2D eigenvalue weighted by atomic mass is 9.79. The molecular formula is C13H22ClN3O. The summed E-state index contributed by atoms with van der Waals surface area (Å²) in [7, 11) is 0. The Balaban J connectivity index is 2.27. The van der Waals surface area contributed by atoms with Crippen LogP contribution in [0.2, 0.25) is 5.02 Å². The summed E-state index contributed by atoms with van der Waals surface area (Å²) < 4.78 is 1.91. The molecule has 2 heterocycles. The van der Waals surface area contributed by atoms with E-state index < -0.39 is 5.60 Å². The van der Waals surface area contributed by atoms with E-state index in [4.69, 9.17) is 11.6 Å². The van der Waals surface area contributed by atoms with Crippen LogP contribution in [-0.2, 0) is 13.0 Å². The van der Waals surface area contributed by atoms with Crippen LogP contribution in [0, 0.1) is 12.8 Å². The van der Waals surface area contributed by atoms with Crippen LogP contribution in [0.5, 0.6) is 0 Å². The van der Waals surface area contributed by atoms with Crippen LogP contribution >= 0.6 is 11.6 Å². The second-order valence-corrected chi connectivity index (χ2v) is 5.68. The lowest BCUT2D eigenvalue weighted by Gasteiger charge is -2.38. The van der Waals surface area contributed by atoms with Crippen molar-refractivity contribution in [1.82, 2.24) is 15.1 Å². The standard InChI is InChI=1S/C13H22ClN3O/c1-4-17-11(12(14)10(3)16-17)7-13(18)5-6-15-8-9(13)2/h9,15,18H,4-8H2,1-3H3. The molecular weight excluding hydrogens is 250 g/mol. The summed E-state index contributed by atoms with van der Waals surface area (Å²) in [6.45, 7) is 8.53. The summed E-state index contributed by atoms with van der Waals surface area (Å²) in [5, 5.41) is 19.2. The predicted octanol–water partition coefficient (Wildman–Crippen LogP) is 1.77. The van der Waals surface area contributed by atoms with Crippen LogP contribution in [0.4, 0.5) is 0 Å². The fourth-order valence-corrected chi connectivity index (χ4v) is 2.85. The fraction of sp³-hybridized carbons (Fsp3) is 0.769. The van der Waals surface area contributed by atoms with Crippen molar-refractivity contribution < 1.29 is 5.11 Å². The highest BCUT2D eigenvalue weighted by atomic mass is 35.5.